The molecule has 2 radical (unpaired) electrons. The third kappa shape index (κ3) is 9.26. The summed E-state index contributed by atoms with van der Waals surface area (Å²) in [4.78, 5) is 0. The van der Waals surface area contributed by atoms with E-state index in [1.807, 2.05) is 24.3 Å². The van der Waals surface area contributed by atoms with Gasteiger partial charge in [0.25, 0.3) is 0 Å². The van der Waals surface area contributed by atoms with Crippen molar-refractivity contribution in [1.82, 2.24) is 0 Å². The van der Waals surface area contributed by atoms with Crippen molar-refractivity contribution in [3.8, 4) is 0 Å². The molecule has 0 aliphatic rings. The van der Waals surface area contributed by atoms with Crippen LogP contribution in [-0.2, 0) is 65.4 Å². The third-order valence-electron chi connectivity index (χ3n) is 1.02. The summed E-state index contributed by atoms with van der Waals surface area (Å²) in [7, 11) is 0. The Kier molecular flexibility index (Phi) is 23.5. The van der Waals surface area contributed by atoms with Crippen LogP contribution in [0.3, 0.4) is 0 Å². The minimum Gasteiger partial charge on any atom is -0.358 e. The topological polar surface area (TPSA) is 0 Å². The molecule has 0 unspecified atom stereocenters. The molecule has 0 amide bonds. The summed E-state index contributed by atoms with van der Waals surface area (Å²) in [5.41, 5.74) is 2.08. The van der Waals surface area contributed by atoms with Crippen molar-refractivity contribution < 1.29 is 65.4 Å². The van der Waals surface area contributed by atoms with Gasteiger partial charge in [-0.15, -0.1) is 0 Å². The predicted molar refractivity (Wildman–Crippen MR) is 48.2 cm³/mol. The molecule has 1 rings (SSSR count). The minimum atomic E-state index is 0. The fraction of sp³-hybridized carbons (Fsp3) is 0. The van der Waals surface area contributed by atoms with Gasteiger partial charge in [-0.05, 0) is 0 Å². The first-order chi connectivity index (χ1) is 3.79. The molecule has 0 bridgehead atoms. The Bertz CT molecular complexity index is 147. The summed E-state index contributed by atoms with van der Waals surface area (Å²) in [6, 6.07) is 7.79. The Balaban J connectivity index is -0.0000000800. The predicted octanol–water partition coefficient (Wildman–Crippen LogP) is 2.95. The molecular weight excluding hydrogens is 298 g/mol. The molecule has 12 heavy (non-hydrogen) atoms. The molecule has 1 aromatic rings. The van der Waals surface area contributed by atoms with Gasteiger partial charge in [0.05, 0.1) is 0 Å². The smallest absolute Gasteiger partial charge is 0 e. The largest absolute Gasteiger partial charge is 0.358 e. The zero-order chi connectivity index (χ0) is 5.98. The maximum absolute atomic E-state index is 3.73. The van der Waals surface area contributed by atoms with Gasteiger partial charge in [0.15, 0.2) is 0 Å². The summed E-state index contributed by atoms with van der Waals surface area (Å²) in [5, 5.41) is 0. The van der Waals surface area contributed by atoms with E-state index in [9.17, 15) is 0 Å². The monoisotopic (exact) mass is 312 g/mol. The average Bonchev–Trinajstić information content (AvgIpc) is 1.77. The van der Waals surface area contributed by atoms with Crippen LogP contribution < -0.4 is 0 Å². The molecule has 0 aliphatic heterocycles. The standard InChI is InChI=1S/C8H8.2CH3.2Y/c1-7-3-5-8(2)6-4-7;;;;/h3-6H,1-2H2;2*1H3;;/q-2;2*-1;;. The van der Waals surface area contributed by atoms with Crippen molar-refractivity contribution >= 4 is 0 Å². The van der Waals surface area contributed by atoms with Crippen molar-refractivity contribution in [1.29, 1.82) is 0 Å². The molecule has 0 aliphatic carbocycles. The third-order valence-corrected chi connectivity index (χ3v) is 1.02. The van der Waals surface area contributed by atoms with E-state index in [1.54, 1.807) is 0 Å². The Hall–Kier alpha value is 1.17. The van der Waals surface area contributed by atoms with Crippen LogP contribution in [0.25, 0.3) is 0 Å². The molecule has 0 saturated carbocycles. The van der Waals surface area contributed by atoms with Crippen molar-refractivity contribution in [3.05, 3.63) is 64.1 Å². The number of hydrogen-bond donors (Lipinski definition) is 0. The molecule has 0 saturated heterocycles. The normalized spacial score (nSPS) is 6.00. The quantitative estimate of drug-likeness (QED) is 0.646. The van der Waals surface area contributed by atoms with E-state index >= 15 is 0 Å². The molecule has 0 N–H and O–H groups in total. The van der Waals surface area contributed by atoms with Crippen molar-refractivity contribution in [2.24, 2.45) is 0 Å². The van der Waals surface area contributed by atoms with E-state index in [4.69, 9.17) is 0 Å². The van der Waals surface area contributed by atoms with Gasteiger partial charge in [-0.2, -0.15) is 0 Å². The van der Waals surface area contributed by atoms with Crippen molar-refractivity contribution in [3.63, 3.8) is 0 Å². The van der Waals surface area contributed by atoms with Crippen LogP contribution in [0.15, 0.2) is 24.3 Å². The van der Waals surface area contributed by atoms with Crippen molar-refractivity contribution in [2.45, 2.75) is 0 Å². The van der Waals surface area contributed by atoms with Crippen LogP contribution in [0.2, 0.25) is 0 Å². The van der Waals surface area contributed by atoms with Gasteiger partial charge in [0.2, 0.25) is 0 Å². The molecule has 0 aromatic heterocycles. The Morgan fingerprint density at radius 1 is 0.667 bits per heavy atom. The first-order valence-electron chi connectivity index (χ1n) is 2.53. The molecule has 2 heteroatoms. The van der Waals surface area contributed by atoms with Gasteiger partial charge in [0.1, 0.15) is 0 Å². The molecule has 0 fully saturated rings. The molecule has 1 aromatic carbocycles. The SMILES string of the molecule is [CH2-]c1ccc([CH2-])cc1.[CH3-].[CH3-].[Y].[Y]. The fourth-order valence-electron chi connectivity index (χ4n) is 0.539. The van der Waals surface area contributed by atoms with Gasteiger partial charge in [-0.3, -0.25) is 0 Å². The second kappa shape index (κ2) is 12.2. The Morgan fingerprint density at radius 2 is 0.833 bits per heavy atom. The maximum Gasteiger partial charge on any atom is 0 e. The van der Waals surface area contributed by atoms with E-state index < -0.39 is 0 Å². The Labute approximate surface area is 128 Å². The first kappa shape index (κ1) is 23.2. The van der Waals surface area contributed by atoms with E-state index in [1.165, 1.54) is 0 Å². The van der Waals surface area contributed by atoms with Gasteiger partial charge < -0.3 is 14.9 Å². The molecule has 64 valence electrons. The average molecular weight is 312 g/mol. The van der Waals surface area contributed by atoms with E-state index in [-0.39, 0.29) is 80.3 Å². The van der Waals surface area contributed by atoms with Gasteiger partial charge in [-0.25, -0.2) is 49.2 Å². The van der Waals surface area contributed by atoms with E-state index in [0.29, 0.717) is 0 Å². The molecule has 0 spiro atoms. The van der Waals surface area contributed by atoms with Crippen LogP contribution >= 0.6 is 0 Å². The van der Waals surface area contributed by atoms with Crippen LogP contribution in [-0.4, -0.2) is 0 Å². The fourth-order valence-corrected chi connectivity index (χ4v) is 0.539. The first-order valence-corrected chi connectivity index (χ1v) is 2.53. The number of hydrogen-bond acceptors (Lipinski definition) is 0. The molecular formula is C10H14Y2-4. The Morgan fingerprint density at radius 3 is 1.00 bits per heavy atom. The zero-order valence-electron chi connectivity index (χ0n) is 7.88. The van der Waals surface area contributed by atoms with Crippen molar-refractivity contribution in [2.75, 3.05) is 0 Å². The van der Waals surface area contributed by atoms with Crippen LogP contribution in [0.1, 0.15) is 11.1 Å². The van der Waals surface area contributed by atoms with Gasteiger partial charge in [-0.1, -0.05) is 0 Å². The van der Waals surface area contributed by atoms with Gasteiger partial charge in [0, 0.05) is 65.4 Å². The summed E-state index contributed by atoms with van der Waals surface area (Å²) in [6.45, 7) is 7.47. The van der Waals surface area contributed by atoms with Gasteiger partial charge >= 0.3 is 0 Å². The second-order valence-electron chi connectivity index (χ2n) is 1.82. The number of rotatable bonds is 0. The minimum absolute atomic E-state index is 0. The summed E-state index contributed by atoms with van der Waals surface area (Å²) in [6.07, 6.45) is 0. The summed E-state index contributed by atoms with van der Waals surface area (Å²) < 4.78 is 0. The summed E-state index contributed by atoms with van der Waals surface area (Å²) in [5.74, 6) is 0. The van der Waals surface area contributed by atoms with E-state index in [2.05, 4.69) is 13.8 Å². The second-order valence-corrected chi connectivity index (χ2v) is 1.82. The molecule has 0 atom stereocenters. The van der Waals surface area contributed by atoms with Crippen LogP contribution in [0.4, 0.5) is 0 Å². The number of benzene rings is 1. The zero-order valence-corrected chi connectivity index (χ0v) is 13.6. The molecule has 0 nitrogen and oxygen atoms in total. The van der Waals surface area contributed by atoms with E-state index in [0.717, 1.165) is 11.1 Å². The maximum atomic E-state index is 3.73. The molecule has 0 heterocycles. The summed E-state index contributed by atoms with van der Waals surface area (Å²) >= 11 is 0. The van der Waals surface area contributed by atoms with Crippen LogP contribution in [0, 0.1) is 28.7 Å². The van der Waals surface area contributed by atoms with Crippen LogP contribution in [0.5, 0.6) is 0 Å².